The van der Waals surface area contributed by atoms with Gasteiger partial charge in [0.25, 0.3) is 0 Å². The number of benzene rings is 1. The first-order valence-electron chi connectivity index (χ1n) is 11.2. The minimum absolute atomic E-state index is 0.00333. The molecule has 9 nitrogen and oxygen atoms in total. The minimum Gasteiger partial charge on any atom is -0.475 e. The zero-order valence-corrected chi connectivity index (χ0v) is 21.0. The van der Waals surface area contributed by atoms with Crippen LogP contribution in [0.3, 0.4) is 0 Å². The fraction of sp³-hybridized carbons (Fsp3) is 0.636. The molecule has 0 aromatic heterocycles. The Morgan fingerprint density at radius 3 is 2.14 bits per heavy atom. The van der Waals surface area contributed by atoms with Crippen molar-refractivity contribution in [1.82, 2.24) is 14.5 Å². The van der Waals surface area contributed by atoms with Crippen molar-refractivity contribution >= 4 is 21.9 Å². The normalized spacial score (nSPS) is 14.6. The smallest absolute Gasteiger partial charge is 0.475 e. The second-order valence-electron chi connectivity index (χ2n) is 8.16. The van der Waals surface area contributed by atoms with Crippen LogP contribution in [0, 0.1) is 0 Å². The average molecular weight is 526 g/mol. The molecule has 2 N–H and O–H groups in total. The fourth-order valence-corrected chi connectivity index (χ4v) is 4.68. The maximum Gasteiger partial charge on any atom is 0.490 e. The minimum atomic E-state index is -5.08. The number of nitrogens with zero attached hydrogens (tertiary/aromatic N) is 2. The van der Waals surface area contributed by atoms with E-state index in [0.717, 1.165) is 18.7 Å². The Labute approximate surface area is 204 Å². The largest absolute Gasteiger partial charge is 0.490 e. The Morgan fingerprint density at radius 1 is 1.14 bits per heavy atom. The molecule has 1 aliphatic heterocycles. The first-order chi connectivity index (χ1) is 16.3. The number of sulfonamides is 1. The maximum absolute atomic E-state index is 13.1. The van der Waals surface area contributed by atoms with Gasteiger partial charge in [-0.1, -0.05) is 26.0 Å². The summed E-state index contributed by atoms with van der Waals surface area (Å²) in [6.45, 7) is 8.04. The SMILES string of the molecule is COCCCN(CCC(=O)N1CCNCC1)S(=O)(=O)c1ccc(C(C)C)cc1.O=C(O)C(F)(F)F. The van der Waals surface area contributed by atoms with Gasteiger partial charge in [-0.05, 0) is 30.0 Å². The highest BCUT2D eigenvalue weighted by atomic mass is 32.2. The van der Waals surface area contributed by atoms with Gasteiger partial charge in [0.1, 0.15) is 0 Å². The van der Waals surface area contributed by atoms with Gasteiger partial charge in [0.15, 0.2) is 0 Å². The highest BCUT2D eigenvalue weighted by molar-refractivity contribution is 7.89. The monoisotopic (exact) mass is 525 g/mol. The Bertz CT molecular complexity index is 902. The first-order valence-corrected chi connectivity index (χ1v) is 12.6. The number of nitrogens with one attached hydrogen (secondary N) is 1. The lowest BCUT2D eigenvalue weighted by molar-refractivity contribution is -0.192. The zero-order chi connectivity index (χ0) is 26.6. The highest BCUT2D eigenvalue weighted by Gasteiger charge is 2.38. The van der Waals surface area contributed by atoms with E-state index in [1.165, 1.54) is 4.31 Å². The van der Waals surface area contributed by atoms with Crippen LogP contribution in [0.1, 0.15) is 38.2 Å². The van der Waals surface area contributed by atoms with Gasteiger partial charge in [-0.25, -0.2) is 13.2 Å². The molecule has 13 heteroatoms. The predicted molar refractivity (Wildman–Crippen MR) is 124 cm³/mol. The maximum atomic E-state index is 13.1. The van der Waals surface area contributed by atoms with Gasteiger partial charge in [0.2, 0.25) is 15.9 Å². The van der Waals surface area contributed by atoms with E-state index in [1.54, 1.807) is 24.1 Å². The molecule has 1 aromatic carbocycles. The van der Waals surface area contributed by atoms with E-state index in [-0.39, 0.29) is 23.8 Å². The molecule has 0 radical (unpaired) electrons. The van der Waals surface area contributed by atoms with Crippen LogP contribution < -0.4 is 5.32 Å². The summed E-state index contributed by atoms with van der Waals surface area (Å²) in [6, 6.07) is 7.03. The molecule has 35 heavy (non-hydrogen) atoms. The average Bonchev–Trinajstić information content (AvgIpc) is 2.81. The summed E-state index contributed by atoms with van der Waals surface area (Å²) in [6.07, 6.45) is -4.31. The number of carboxylic acids is 1. The standard InChI is InChI=1S/C20H33N3O4S.C2HF3O2/c1-17(2)18-5-7-19(8-6-18)28(25,26)23(12-4-16-27-3)13-9-20(24)22-14-10-21-11-15-22;3-2(4,5)1(6)7/h5-8,17,21H,4,9-16H2,1-3H3;(H,6,7). The summed E-state index contributed by atoms with van der Waals surface area (Å²) in [4.78, 5) is 23.4. The molecule has 1 aromatic rings. The third-order valence-corrected chi connectivity index (χ3v) is 7.14. The molecule has 0 saturated carbocycles. The third-order valence-electron chi connectivity index (χ3n) is 5.23. The number of hydrogen-bond acceptors (Lipinski definition) is 6. The molecule has 1 saturated heterocycles. The van der Waals surface area contributed by atoms with Crippen molar-refractivity contribution in [3.8, 4) is 0 Å². The number of aliphatic carboxylic acids is 1. The number of hydrogen-bond donors (Lipinski definition) is 2. The molecule has 1 fully saturated rings. The quantitative estimate of drug-likeness (QED) is 0.450. The van der Waals surface area contributed by atoms with E-state index >= 15 is 0 Å². The van der Waals surface area contributed by atoms with E-state index in [2.05, 4.69) is 19.2 Å². The summed E-state index contributed by atoms with van der Waals surface area (Å²) < 4.78 is 64.5. The van der Waals surface area contributed by atoms with Gasteiger partial charge >= 0.3 is 12.1 Å². The molecular formula is C22H34F3N3O6S. The second kappa shape index (κ2) is 14.4. The number of ether oxygens (including phenoxy) is 1. The van der Waals surface area contributed by atoms with E-state index in [4.69, 9.17) is 14.6 Å². The van der Waals surface area contributed by atoms with Gasteiger partial charge in [-0.2, -0.15) is 17.5 Å². The lowest BCUT2D eigenvalue weighted by Crippen LogP contribution is -2.47. The number of methoxy groups -OCH3 is 1. The van der Waals surface area contributed by atoms with E-state index in [0.29, 0.717) is 38.6 Å². The molecule has 0 unspecified atom stereocenters. The molecule has 0 atom stereocenters. The van der Waals surface area contributed by atoms with Crippen LogP contribution in [0.4, 0.5) is 13.2 Å². The number of rotatable bonds is 10. The van der Waals surface area contributed by atoms with Crippen molar-refractivity contribution in [2.75, 3.05) is 53.0 Å². The summed E-state index contributed by atoms with van der Waals surface area (Å²) in [5, 5.41) is 10.3. The Kier molecular flexibility index (Phi) is 12.6. The van der Waals surface area contributed by atoms with Gasteiger partial charge < -0.3 is 20.1 Å². The molecule has 0 bridgehead atoms. The Morgan fingerprint density at radius 2 is 1.69 bits per heavy atom. The lowest BCUT2D eigenvalue weighted by atomic mass is 10.0. The van der Waals surface area contributed by atoms with Crippen LogP contribution >= 0.6 is 0 Å². The van der Waals surface area contributed by atoms with Crippen LogP contribution in [0.5, 0.6) is 0 Å². The molecule has 1 aliphatic rings. The van der Waals surface area contributed by atoms with Gasteiger partial charge in [0, 0.05) is 59.4 Å². The topological polar surface area (TPSA) is 116 Å². The van der Waals surface area contributed by atoms with Crippen molar-refractivity contribution < 1.29 is 41.0 Å². The van der Waals surface area contributed by atoms with Crippen LogP contribution in [0.15, 0.2) is 29.2 Å². The number of alkyl halides is 3. The Balaban J connectivity index is 0.000000762. The van der Waals surface area contributed by atoms with Gasteiger partial charge in [-0.15, -0.1) is 0 Å². The van der Waals surface area contributed by atoms with Gasteiger partial charge in [0.05, 0.1) is 4.90 Å². The number of halogens is 3. The molecular weight excluding hydrogens is 491 g/mol. The van der Waals surface area contributed by atoms with Crippen LogP contribution in [-0.2, 0) is 24.3 Å². The Hall–Kier alpha value is -2.22. The van der Waals surface area contributed by atoms with Gasteiger partial charge in [-0.3, -0.25) is 4.79 Å². The van der Waals surface area contributed by atoms with Crippen molar-refractivity contribution in [2.24, 2.45) is 0 Å². The molecule has 1 amide bonds. The van der Waals surface area contributed by atoms with E-state index in [1.807, 2.05) is 12.1 Å². The van der Waals surface area contributed by atoms with Crippen molar-refractivity contribution in [2.45, 2.75) is 43.7 Å². The van der Waals surface area contributed by atoms with Crippen LogP contribution in [-0.4, -0.2) is 93.8 Å². The number of amides is 1. The highest BCUT2D eigenvalue weighted by Crippen LogP contribution is 2.21. The second-order valence-corrected chi connectivity index (χ2v) is 10.1. The van der Waals surface area contributed by atoms with Crippen molar-refractivity contribution in [3.63, 3.8) is 0 Å². The molecule has 0 aliphatic carbocycles. The first kappa shape index (κ1) is 30.8. The summed E-state index contributed by atoms with van der Waals surface area (Å²) >= 11 is 0. The third kappa shape index (κ3) is 10.5. The van der Waals surface area contributed by atoms with Crippen molar-refractivity contribution in [1.29, 1.82) is 0 Å². The fourth-order valence-electron chi connectivity index (χ4n) is 3.20. The lowest BCUT2D eigenvalue weighted by Gasteiger charge is -2.29. The predicted octanol–water partition coefficient (Wildman–Crippen LogP) is 2.29. The van der Waals surface area contributed by atoms with Crippen LogP contribution in [0.25, 0.3) is 0 Å². The molecule has 2 rings (SSSR count). The van der Waals surface area contributed by atoms with E-state index < -0.39 is 22.2 Å². The number of carboxylic acid groups (broad SMARTS) is 1. The number of carbonyl (C=O) groups excluding carboxylic acids is 1. The van der Waals surface area contributed by atoms with Crippen molar-refractivity contribution in [3.05, 3.63) is 29.8 Å². The molecule has 0 spiro atoms. The molecule has 200 valence electrons. The molecule has 1 heterocycles. The summed E-state index contributed by atoms with van der Waals surface area (Å²) in [5.74, 6) is -2.41. The number of piperazine rings is 1. The zero-order valence-electron chi connectivity index (χ0n) is 20.2. The summed E-state index contributed by atoms with van der Waals surface area (Å²) in [5.41, 5.74) is 1.10. The van der Waals surface area contributed by atoms with Crippen LogP contribution in [0.2, 0.25) is 0 Å². The van der Waals surface area contributed by atoms with E-state index in [9.17, 15) is 26.4 Å². The summed E-state index contributed by atoms with van der Waals surface area (Å²) in [7, 11) is -2.06. The number of carbonyl (C=O) groups is 2.